The molecule has 2 fully saturated rings. The van der Waals surface area contributed by atoms with Crippen LogP contribution >= 0.6 is 0 Å². The van der Waals surface area contributed by atoms with Gasteiger partial charge in [-0.25, -0.2) is 0 Å². The van der Waals surface area contributed by atoms with Crippen molar-refractivity contribution in [3.05, 3.63) is 11.1 Å². The Morgan fingerprint density at radius 1 is 1.20 bits per heavy atom. The van der Waals surface area contributed by atoms with Gasteiger partial charge in [0.15, 0.2) is 0 Å². The molecule has 2 saturated carbocycles. The zero-order valence-corrected chi connectivity index (χ0v) is 14.8. The molecule has 0 aromatic rings. The van der Waals surface area contributed by atoms with E-state index >= 15 is 0 Å². The summed E-state index contributed by atoms with van der Waals surface area (Å²) < 4.78 is 0. The van der Waals surface area contributed by atoms with E-state index in [1.807, 2.05) is 5.57 Å². The third kappa shape index (κ3) is 2.60. The molecule has 0 aromatic heterocycles. The zero-order chi connectivity index (χ0) is 14.9. The predicted octanol–water partition coefficient (Wildman–Crippen LogP) is 6.61. The SMILES string of the molecule is CCCCCC12CCC(CC1=C(C)C(C)C)C2C(C)C. The van der Waals surface area contributed by atoms with Gasteiger partial charge in [0.05, 0.1) is 0 Å². The highest BCUT2D eigenvalue weighted by molar-refractivity contribution is 5.32. The highest BCUT2D eigenvalue weighted by Gasteiger charge is 2.56. The number of rotatable bonds is 6. The number of allylic oxidation sites excluding steroid dienone is 2. The van der Waals surface area contributed by atoms with E-state index in [4.69, 9.17) is 0 Å². The molecule has 0 saturated heterocycles. The number of hydrogen-bond acceptors (Lipinski definition) is 0. The highest BCUT2D eigenvalue weighted by atomic mass is 14.6. The first kappa shape index (κ1) is 16.1. The van der Waals surface area contributed by atoms with Crippen molar-refractivity contribution in [1.82, 2.24) is 0 Å². The maximum absolute atomic E-state index is 2.48. The fraction of sp³-hybridized carbons (Fsp3) is 0.900. The van der Waals surface area contributed by atoms with Crippen molar-refractivity contribution in [1.29, 1.82) is 0 Å². The summed E-state index contributed by atoms with van der Waals surface area (Å²) in [4.78, 5) is 0. The molecular weight excluding hydrogens is 240 g/mol. The lowest BCUT2D eigenvalue weighted by molar-refractivity contribution is 0.184. The smallest absolute Gasteiger partial charge is 0.00518 e. The molecule has 2 aliphatic rings. The third-order valence-electron chi connectivity index (χ3n) is 6.46. The molecule has 116 valence electrons. The molecule has 0 radical (unpaired) electrons. The summed E-state index contributed by atoms with van der Waals surface area (Å²) in [6.45, 7) is 14.5. The maximum atomic E-state index is 2.48. The van der Waals surface area contributed by atoms with Gasteiger partial charge in [-0.2, -0.15) is 0 Å². The first-order valence-corrected chi connectivity index (χ1v) is 9.14. The molecule has 2 rings (SSSR count). The monoisotopic (exact) mass is 276 g/mol. The van der Waals surface area contributed by atoms with Crippen LogP contribution in [0.2, 0.25) is 0 Å². The Bertz CT molecular complexity index is 360. The summed E-state index contributed by atoms with van der Waals surface area (Å²) in [5.41, 5.74) is 4.23. The first-order valence-electron chi connectivity index (χ1n) is 9.14. The van der Waals surface area contributed by atoms with E-state index < -0.39 is 0 Å². The number of unbranched alkanes of at least 4 members (excludes halogenated alkanes) is 2. The van der Waals surface area contributed by atoms with Crippen LogP contribution in [0.1, 0.15) is 86.5 Å². The van der Waals surface area contributed by atoms with E-state index in [1.54, 1.807) is 5.57 Å². The van der Waals surface area contributed by atoms with Gasteiger partial charge in [-0.15, -0.1) is 0 Å². The molecule has 2 bridgehead atoms. The Hall–Kier alpha value is -0.260. The van der Waals surface area contributed by atoms with Gasteiger partial charge in [0.25, 0.3) is 0 Å². The minimum Gasteiger partial charge on any atom is -0.0710 e. The minimum atomic E-state index is 0.600. The Morgan fingerprint density at radius 2 is 1.90 bits per heavy atom. The average Bonchev–Trinajstić information content (AvgIpc) is 2.90. The molecular formula is C20H36. The number of fused-ring (bicyclic) bond motifs is 2. The molecule has 20 heavy (non-hydrogen) atoms. The van der Waals surface area contributed by atoms with Crippen molar-refractivity contribution in [2.45, 2.75) is 86.5 Å². The van der Waals surface area contributed by atoms with Crippen LogP contribution in [0.3, 0.4) is 0 Å². The van der Waals surface area contributed by atoms with Crippen molar-refractivity contribution >= 4 is 0 Å². The molecule has 0 aliphatic heterocycles. The van der Waals surface area contributed by atoms with Gasteiger partial charge in [-0.1, -0.05) is 65.0 Å². The van der Waals surface area contributed by atoms with Crippen LogP contribution in [0.4, 0.5) is 0 Å². The topological polar surface area (TPSA) is 0 Å². The largest absolute Gasteiger partial charge is 0.0710 e. The molecule has 0 heteroatoms. The van der Waals surface area contributed by atoms with E-state index in [0.29, 0.717) is 5.41 Å². The lowest BCUT2D eigenvalue weighted by Gasteiger charge is -2.38. The van der Waals surface area contributed by atoms with Gasteiger partial charge in [-0.05, 0) is 61.7 Å². The first-order chi connectivity index (χ1) is 9.44. The molecule has 0 amide bonds. The van der Waals surface area contributed by atoms with E-state index in [0.717, 1.165) is 23.7 Å². The Kier molecular flexibility index (Phi) is 5.03. The summed E-state index contributed by atoms with van der Waals surface area (Å²) in [5, 5.41) is 0. The van der Waals surface area contributed by atoms with E-state index in [9.17, 15) is 0 Å². The van der Waals surface area contributed by atoms with E-state index in [2.05, 4.69) is 41.5 Å². The summed E-state index contributed by atoms with van der Waals surface area (Å²) in [7, 11) is 0. The molecule has 2 aliphatic carbocycles. The second kappa shape index (κ2) is 6.24. The van der Waals surface area contributed by atoms with Gasteiger partial charge in [-0.3, -0.25) is 0 Å². The Morgan fingerprint density at radius 3 is 2.45 bits per heavy atom. The van der Waals surface area contributed by atoms with Gasteiger partial charge < -0.3 is 0 Å². The standard InChI is InChI=1S/C20H36/c1-7-8-9-11-20-12-10-17(19(20)15(4)5)13-18(20)16(6)14(2)3/h14-15,17,19H,7-13H2,1-6H3. The van der Waals surface area contributed by atoms with Gasteiger partial charge in [0.2, 0.25) is 0 Å². The van der Waals surface area contributed by atoms with Crippen molar-refractivity contribution in [3.63, 3.8) is 0 Å². The van der Waals surface area contributed by atoms with Crippen molar-refractivity contribution in [2.24, 2.45) is 29.1 Å². The molecule has 0 spiro atoms. The van der Waals surface area contributed by atoms with Crippen LogP contribution in [0, 0.1) is 29.1 Å². The van der Waals surface area contributed by atoms with Crippen molar-refractivity contribution < 1.29 is 0 Å². The van der Waals surface area contributed by atoms with Crippen molar-refractivity contribution in [3.8, 4) is 0 Å². The maximum Gasteiger partial charge on any atom is -0.00518 e. The summed E-state index contributed by atoms with van der Waals surface area (Å²) in [6.07, 6.45) is 10.1. The van der Waals surface area contributed by atoms with Crippen LogP contribution < -0.4 is 0 Å². The molecule has 0 N–H and O–H groups in total. The fourth-order valence-corrected chi connectivity index (χ4v) is 5.50. The van der Waals surface area contributed by atoms with Crippen LogP contribution in [0.25, 0.3) is 0 Å². The normalized spacial score (nSPS) is 35.4. The second-order valence-electron chi connectivity index (χ2n) is 8.20. The van der Waals surface area contributed by atoms with Crippen LogP contribution in [0.5, 0.6) is 0 Å². The predicted molar refractivity (Wildman–Crippen MR) is 89.8 cm³/mol. The van der Waals surface area contributed by atoms with E-state index in [1.165, 1.54) is 44.9 Å². The van der Waals surface area contributed by atoms with Crippen LogP contribution in [0.15, 0.2) is 11.1 Å². The van der Waals surface area contributed by atoms with Crippen molar-refractivity contribution in [2.75, 3.05) is 0 Å². The lowest BCUT2D eigenvalue weighted by atomic mass is 9.67. The molecule has 0 heterocycles. The quantitative estimate of drug-likeness (QED) is 0.378. The average molecular weight is 277 g/mol. The summed E-state index contributed by atoms with van der Waals surface area (Å²) >= 11 is 0. The second-order valence-corrected chi connectivity index (χ2v) is 8.20. The van der Waals surface area contributed by atoms with Gasteiger partial charge >= 0.3 is 0 Å². The minimum absolute atomic E-state index is 0.600. The van der Waals surface area contributed by atoms with Gasteiger partial charge in [0.1, 0.15) is 0 Å². The third-order valence-corrected chi connectivity index (χ3v) is 6.46. The molecule has 3 atom stereocenters. The lowest BCUT2D eigenvalue weighted by Crippen LogP contribution is -2.29. The van der Waals surface area contributed by atoms with E-state index in [-0.39, 0.29) is 0 Å². The number of hydrogen-bond donors (Lipinski definition) is 0. The Labute approximate surface area is 127 Å². The zero-order valence-electron chi connectivity index (χ0n) is 14.8. The molecule has 0 nitrogen and oxygen atoms in total. The van der Waals surface area contributed by atoms with Crippen LogP contribution in [-0.2, 0) is 0 Å². The molecule has 0 aromatic carbocycles. The summed E-state index contributed by atoms with van der Waals surface area (Å²) in [6, 6.07) is 0. The summed E-state index contributed by atoms with van der Waals surface area (Å²) in [5.74, 6) is 3.57. The highest BCUT2D eigenvalue weighted by Crippen LogP contribution is 2.66. The molecule has 3 unspecified atom stereocenters. The fourth-order valence-electron chi connectivity index (χ4n) is 5.50. The Balaban J connectivity index is 2.33. The van der Waals surface area contributed by atoms with Crippen LogP contribution in [-0.4, -0.2) is 0 Å². The van der Waals surface area contributed by atoms with Gasteiger partial charge in [0, 0.05) is 0 Å².